The molecule has 16 heavy (non-hydrogen) atoms. The average molecular weight is 238 g/mol. The highest BCUT2D eigenvalue weighted by atomic mass is 35.5. The second-order valence-corrected chi connectivity index (χ2v) is 5.32. The molecular formula is C14H20ClN. The summed E-state index contributed by atoms with van der Waals surface area (Å²) in [6.45, 7) is 4.69. The Kier molecular flexibility index (Phi) is 4.25. The average Bonchev–Trinajstić information content (AvgIpc) is 2.30. The molecule has 1 atom stereocenters. The monoisotopic (exact) mass is 237 g/mol. The van der Waals surface area contributed by atoms with Crippen LogP contribution in [0.15, 0.2) is 24.3 Å². The molecule has 1 nitrogen and oxygen atoms in total. The van der Waals surface area contributed by atoms with E-state index in [1.165, 1.54) is 37.9 Å². The van der Waals surface area contributed by atoms with Crippen LogP contribution in [0, 0.1) is 5.92 Å². The lowest BCUT2D eigenvalue weighted by Crippen LogP contribution is -2.28. The molecule has 1 heterocycles. The van der Waals surface area contributed by atoms with Crippen molar-refractivity contribution in [1.29, 1.82) is 0 Å². The summed E-state index contributed by atoms with van der Waals surface area (Å²) < 4.78 is 0. The van der Waals surface area contributed by atoms with E-state index in [0.717, 1.165) is 10.9 Å². The lowest BCUT2D eigenvalue weighted by Gasteiger charge is -2.25. The zero-order valence-electron chi connectivity index (χ0n) is 9.88. The molecule has 0 radical (unpaired) electrons. The fraction of sp³-hybridized carbons (Fsp3) is 0.571. The second-order valence-electron chi connectivity index (χ2n) is 4.89. The minimum absolute atomic E-state index is 0.627. The number of hydrogen-bond donors (Lipinski definition) is 1. The first kappa shape index (κ1) is 11.9. The highest BCUT2D eigenvalue weighted by Crippen LogP contribution is 2.29. The van der Waals surface area contributed by atoms with Gasteiger partial charge in [-0.25, -0.2) is 0 Å². The van der Waals surface area contributed by atoms with Crippen LogP contribution in [-0.2, 0) is 0 Å². The Morgan fingerprint density at radius 3 is 2.81 bits per heavy atom. The molecule has 0 amide bonds. The molecule has 88 valence electrons. The fourth-order valence-corrected chi connectivity index (χ4v) is 2.77. The summed E-state index contributed by atoms with van der Waals surface area (Å²) in [6.07, 6.45) is 3.94. The number of piperidine rings is 1. The standard InChI is InChI=1S/C14H20ClN/c1-11(9-12-5-7-16-8-6-12)13-3-2-4-14(15)10-13/h2-4,10-12,16H,5-9H2,1H3. The molecule has 1 saturated heterocycles. The lowest BCUT2D eigenvalue weighted by molar-refractivity contribution is 0.337. The summed E-state index contributed by atoms with van der Waals surface area (Å²) in [5.41, 5.74) is 1.38. The van der Waals surface area contributed by atoms with Crippen molar-refractivity contribution in [3.8, 4) is 0 Å². The van der Waals surface area contributed by atoms with Crippen molar-refractivity contribution >= 4 is 11.6 Å². The Morgan fingerprint density at radius 2 is 2.12 bits per heavy atom. The Bertz CT molecular complexity index is 331. The highest BCUT2D eigenvalue weighted by Gasteiger charge is 2.17. The molecule has 0 bridgehead atoms. The molecule has 1 aromatic rings. The van der Waals surface area contributed by atoms with Gasteiger partial charge in [-0.1, -0.05) is 30.7 Å². The van der Waals surface area contributed by atoms with Gasteiger partial charge in [-0.15, -0.1) is 0 Å². The van der Waals surface area contributed by atoms with Gasteiger partial charge in [-0.2, -0.15) is 0 Å². The molecule has 0 aromatic heterocycles. The van der Waals surface area contributed by atoms with Crippen LogP contribution < -0.4 is 5.32 Å². The third-order valence-corrected chi connectivity index (χ3v) is 3.80. The van der Waals surface area contributed by atoms with Gasteiger partial charge in [-0.05, 0) is 61.9 Å². The molecule has 1 aliphatic rings. The predicted molar refractivity (Wildman–Crippen MR) is 70.1 cm³/mol. The lowest BCUT2D eigenvalue weighted by atomic mass is 9.85. The molecule has 0 spiro atoms. The summed E-state index contributed by atoms with van der Waals surface area (Å²) >= 11 is 6.02. The third-order valence-electron chi connectivity index (χ3n) is 3.56. The first-order valence-corrected chi connectivity index (χ1v) is 6.59. The molecule has 1 aliphatic heterocycles. The first-order chi connectivity index (χ1) is 7.75. The molecule has 2 heteroatoms. The van der Waals surface area contributed by atoms with Crippen LogP contribution in [0.2, 0.25) is 5.02 Å². The number of hydrogen-bond acceptors (Lipinski definition) is 1. The normalized spacial score (nSPS) is 19.6. The Morgan fingerprint density at radius 1 is 1.38 bits per heavy atom. The number of benzene rings is 1. The summed E-state index contributed by atoms with van der Waals surface area (Å²) in [5.74, 6) is 1.51. The van der Waals surface area contributed by atoms with E-state index in [1.807, 2.05) is 6.07 Å². The van der Waals surface area contributed by atoms with Gasteiger partial charge < -0.3 is 5.32 Å². The fourth-order valence-electron chi connectivity index (χ4n) is 2.57. The van der Waals surface area contributed by atoms with Crippen LogP contribution in [0.1, 0.15) is 37.7 Å². The second kappa shape index (κ2) is 5.70. The highest BCUT2D eigenvalue weighted by molar-refractivity contribution is 6.30. The van der Waals surface area contributed by atoms with Gasteiger partial charge in [0.25, 0.3) is 0 Å². The van der Waals surface area contributed by atoms with Crippen molar-refractivity contribution in [2.24, 2.45) is 5.92 Å². The number of nitrogens with one attached hydrogen (secondary N) is 1. The molecule has 1 N–H and O–H groups in total. The van der Waals surface area contributed by atoms with Gasteiger partial charge in [-0.3, -0.25) is 0 Å². The molecule has 1 fully saturated rings. The Balaban J connectivity index is 1.94. The van der Waals surface area contributed by atoms with Crippen molar-refractivity contribution in [3.05, 3.63) is 34.9 Å². The maximum absolute atomic E-state index is 6.02. The minimum atomic E-state index is 0.627. The van der Waals surface area contributed by atoms with Crippen molar-refractivity contribution < 1.29 is 0 Å². The number of halogens is 1. The van der Waals surface area contributed by atoms with Crippen molar-refractivity contribution in [2.45, 2.75) is 32.1 Å². The topological polar surface area (TPSA) is 12.0 Å². The minimum Gasteiger partial charge on any atom is -0.317 e. The van der Waals surface area contributed by atoms with Crippen molar-refractivity contribution in [2.75, 3.05) is 13.1 Å². The summed E-state index contributed by atoms with van der Waals surface area (Å²) in [4.78, 5) is 0. The van der Waals surface area contributed by atoms with E-state index in [0.29, 0.717) is 5.92 Å². The van der Waals surface area contributed by atoms with Gasteiger partial charge in [0.15, 0.2) is 0 Å². The van der Waals surface area contributed by atoms with Crippen LogP contribution in [0.25, 0.3) is 0 Å². The predicted octanol–water partition coefficient (Wildman–Crippen LogP) is 3.83. The van der Waals surface area contributed by atoms with Gasteiger partial charge in [0.1, 0.15) is 0 Å². The van der Waals surface area contributed by atoms with Crippen LogP contribution in [0.4, 0.5) is 0 Å². The van der Waals surface area contributed by atoms with Gasteiger partial charge in [0.05, 0.1) is 0 Å². The van der Waals surface area contributed by atoms with E-state index in [4.69, 9.17) is 11.6 Å². The smallest absolute Gasteiger partial charge is 0.0408 e. The van der Waals surface area contributed by atoms with Gasteiger partial charge >= 0.3 is 0 Å². The van der Waals surface area contributed by atoms with Crippen LogP contribution in [0.3, 0.4) is 0 Å². The van der Waals surface area contributed by atoms with E-state index in [2.05, 4.69) is 30.4 Å². The molecule has 0 saturated carbocycles. The molecule has 2 rings (SSSR count). The van der Waals surface area contributed by atoms with Crippen molar-refractivity contribution in [1.82, 2.24) is 5.32 Å². The maximum atomic E-state index is 6.02. The van der Waals surface area contributed by atoms with E-state index in [1.54, 1.807) is 0 Å². The zero-order valence-corrected chi connectivity index (χ0v) is 10.6. The first-order valence-electron chi connectivity index (χ1n) is 6.22. The summed E-state index contributed by atoms with van der Waals surface area (Å²) in [5, 5.41) is 4.27. The molecule has 1 aromatic carbocycles. The van der Waals surface area contributed by atoms with Crippen LogP contribution in [0.5, 0.6) is 0 Å². The maximum Gasteiger partial charge on any atom is 0.0408 e. The van der Waals surface area contributed by atoms with Gasteiger partial charge in [0.2, 0.25) is 0 Å². The van der Waals surface area contributed by atoms with Crippen molar-refractivity contribution in [3.63, 3.8) is 0 Å². The largest absolute Gasteiger partial charge is 0.317 e. The SMILES string of the molecule is CC(CC1CCNCC1)c1cccc(Cl)c1. The van der Waals surface area contributed by atoms with E-state index in [-0.39, 0.29) is 0 Å². The van der Waals surface area contributed by atoms with E-state index >= 15 is 0 Å². The van der Waals surface area contributed by atoms with E-state index in [9.17, 15) is 0 Å². The van der Waals surface area contributed by atoms with Gasteiger partial charge in [0, 0.05) is 5.02 Å². The number of rotatable bonds is 3. The van der Waals surface area contributed by atoms with E-state index < -0.39 is 0 Å². The van der Waals surface area contributed by atoms with Crippen LogP contribution >= 0.6 is 11.6 Å². The quantitative estimate of drug-likeness (QED) is 0.843. The third kappa shape index (κ3) is 3.23. The summed E-state index contributed by atoms with van der Waals surface area (Å²) in [6, 6.07) is 8.30. The molecule has 1 unspecified atom stereocenters. The summed E-state index contributed by atoms with van der Waals surface area (Å²) in [7, 11) is 0. The zero-order chi connectivity index (χ0) is 11.4. The van der Waals surface area contributed by atoms with Crippen LogP contribution in [-0.4, -0.2) is 13.1 Å². The molecule has 0 aliphatic carbocycles. The molecular weight excluding hydrogens is 218 g/mol. The Hall–Kier alpha value is -0.530. The Labute approximate surface area is 103 Å².